The van der Waals surface area contributed by atoms with Crippen molar-refractivity contribution in [1.29, 1.82) is 0 Å². The molecule has 0 spiro atoms. The van der Waals surface area contributed by atoms with E-state index in [1.165, 1.54) is 11.1 Å². The summed E-state index contributed by atoms with van der Waals surface area (Å²) in [5.41, 5.74) is 2.44. The number of allylic oxidation sites excluding steroid dienone is 1. The van der Waals surface area contributed by atoms with Gasteiger partial charge < -0.3 is 9.64 Å². The second kappa shape index (κ2) is 8.54. The minimum Gasteiger partial charge on any atom is -0.489 e. The van der Waals surface area contributed by atoms with Gasteiger partial charge in [-0.1, -0.05) is 55.5 Å². The number of ether oxygens (including phenoxy) is 1. The zero-order valence-corrected chi connectivity index (χ0v) is 14.4. The summed E-state index contributed by atoms with van der Waals surface area (Å²) in [6, 6.07) is 18.6. The van der Waals surface area contributed by atoms with Gasteiger partial charge in [-0.05, 0) is 43.3 Å². The molecule has 0 heterocycles. The van der Waals surface area contributed by atoms with Crippen molar-refractivity contribution in [1.82, 2.24) is 4.90 Å². The van der Waals surface area contributed by atoms with Gasteiger partial charge >= 0.3 is 0 Å². The van der Waals surface area contributed by atoms with E-state index >= 15 is 0 Å². The normalized spacial score (nSPS) is 13.6. The maximum atomic E-state index is 5.94. The molecular formula is C21H27NO. The third-order valence-electron chi connectivity index (χ3n) is 4.01. The van der Waals surface area contributed by atoms with Gasteiger partial charge in [0.2, 0.25) is 0 Å². The van der Waals surface area contributed by atoms with Crippen LogP contribution in [0, 0.1) is 5.92 Å². The fraction of sp³-hybridized carbons (Fsp3) is 0.333. The topological polar surface area (TPSA) is 12.5 Å². The van der Waals surface area contributed by atoms with Crippen molar-refractivity contribution >= 4 is 0 Å². The van der Waals surface area contributed by atoms with E-state index in [1.54, 1.807) is 0 Å². The Kier molecular flexibility index (Phi) is 6.42. The van der Waals surface area contributed by atoms with Gasteiger partial charge in [-0.25, -0.2) is 0 Å². The van der Waals surface area contributed by atoms with E-state index in [0.29, 0.717) is 18.4 Å². The lowest BCUT2D eigenvalue weighted by Crippen LogP contribution is -2.23. The maximum absolute atomic E-state index is 5.94. The summed E-state index contributed by atoms with van der Waals surface area (Å²) in [5, 5.41) is 0. The van der Waals surface area contributed by atoms with Gasteiger partial charge in [0.05, 0.1) is 0 Å². The number of nitrogens with zero attached hydrogens (tertiary/aromatic N) is 1. The van der Waals surface area contributed by atoms with Gasteiger partial charge in [-0.3, -0.25) is 0 Å². The van der Waals surface area contributed by atoms with Crippen LogP contribution in [0.3, 0.4) is 0 Å². The highest BCUT2D eigenvalue weighted by Crippen LogP contribution is 2.29. The molecule has 122 valence electrons. The van der Waals surface area contributed by atoms with Crippen LogP contribution in [0.15, 0.2) is 67.3 Å². The molecule has 0 radical (unpaired) electrons. The first-order valence-electron chi connectivity index (χ1n) is 8.14. The summed E-state index contributed by atoms with van der Waals surface area (Å²) in [5.74, 6) is 1.75. The Morgan fingerprint density at radius 1 is 1.09 bits per heavy atom. The van der Waals surface area contributed by atoms with Gasteiger partial charge in [0, 0.05) is 12.5 Å². The summed E-state index contributed by atoms with van der Waals surface area (Å²) in [7, 11) is 4.21. The molecule has 2 nitrogen and oxygen atoms in total. The first-order chi connectivity index (χ1) is 11.1. The van der Waals surface area contributed by atoms with Crippen molar-refractivity contribution in [3.63, 3.8) is 0 Å². The molecule has 0 aromatic heterocycles. The molecule has 0 amide bonds. The van der Waals surface area contributed by atoms with Crippen molar-refractivity contribution in [2.45, 2.75) is 19.4 Å². The largest absolute Gasteiger partial charge is 0.489 e. The molecule has 0 saturated heterocycles. The van der Waals surface area contributed by atoms with E-state index in [0.717, 1.165) is 12.3 Å². The van der Waals surface area contributed by atoms with Crippen molar-refractivity contribution in [3.8, 4) is 5.75 Å². The summed E-state index contributed by atoms with van der Waals surface area (Å²) in [4.78, 5) is 2.22. The molecule has 2 atom stereocenters. The molecule has 23 heavy (non-hydrogen) atoms. The van der Waals surface area contributed by atoms with Crippen LogP contribution in [0.5, 0.6) is 5.75 Å². The second-order valence-corrected chi connectivity index (χ2v) is 6.35. The Hall–Kier alpha value is -2.06. The van der Waals surface area contributed by atoms with Gasteiger partial charge in [0.25, 0.3) is 0 Å². The van der Waals surface area contributed by atoms with Crippen LogP contribution in [0.2, 0.25) is 0 Å². The SMILES string of the molecule is C=CC(c1cccc(OCc2ccccc2)c1)C(C)CN(C)C. The third-order valence-corrected chi connectivity index (χ3v) is 4.01. The van der Waals surface area contributed by atoms with Crippen LogP contribution in [-0.2, 0) is 6.61 Å². The fourth-order valence-electron chi connectivity index (χ4n) is 2.94. The zero-order chi connectivity index (χ0) is 16.7. The monoisotopic (exact) mass is 309 g/mol. The number of benzene rings is 2. The van der Waals surface area contributed by atoms with Crippen molar-refractivity contribution in [3.05, 3.63) is 78.4 Å². The Morgan fingerprint density at radius 3 is 2.48 bits per heavy atom. The fourth-order valence-corrected chi connectivity index (χ4v) is 2.94. The van der Waals surface area contributed by atoms with E-state index in [2.05, 4.69) is 62.8 Å². The molecule has 0 aliphatic carbocycles. The second-order valence-electron chi connectivity index (χ2n) is 6.35. The van der Waals surface area contributed by atoms with E-state index in [4.69, 9.17) is 4.74 Å². The van der Waals surface area contributed by atoms with Crippen LogP contribution in [-0.4, -0.2) is 25.5 Å². The molecule has 0 bridgehead atoms. The first kappa shape index (κ1) is 17.3. The molecule has 0 fully saturated rings. The van der Waals surface area contributed by atoms with Gasteiger partial charge in [0.15, 0.2) is 0 Å². The van der Waals surface area contributed by atoms with Crippen molar-refractivity contribution in [2.24, 2.45) is 5.92 Å². The summed E-state index contributed by atoms with van der Waals surface area (Å²) < 4.78 is 5.94. The third kappa shape index (κ3) is 5.26. The summed E-state index contributed by atoms with van der Waals surface area (Å²) in [6.45, 7) is 7.92. The average Bonchev–Trinajstić information content (AvgIpc) is 2.54. The van der Waals surface area contributed by atoms with Gasteiger partial charge in [0.1, 0.15) is 12.4 Å². The highest BCUT2D eigenvalue weighted by molar-refractivity contribution is 5.33. The zero-order valence-electron chi connectivity index (χ0n) is 14.4. The highest BCUT2D eigenvalue weighted by atomic mass is 16.5. The molecule has 2 aromatic rings. The Balaban J connectivity index is 2.07. The molecule has 0 aliphatic rings. The number of hydrogen-bond acceptors (Lipinski definition) is 2. The molecule has 2 unspecified atom stereocenters. The molecule has 0 N–H and O–H groups in total. The summed E-state index contributed by atoms with van der Waals surface area (Å²) >= 11 is 0. The van der Waals surface area contributed by atoms with E-state index in [9.17, 15) is 0 Å². The quantitative estimate of drug-likeness (QED) is 0.653. The van der Waals surface area contributed by atoms with E-state index < -0.39 is 0 Å². The van der Waals surface area contributed by atoms with Crippen molar-refractivity contribution < 1.29 is 4.74 Å². The molecule has 0 aliphatic heterocycles. The van der Waals surface area contributed by atoms with Crippen LogP contribution < -0.4 is 4.74 Å². The van der Waals surface area contributed by atoms with Crippen LogP contribution in [0.1, 0.15) is 24.0 Å². The van der Waals surface area contributed by atoms with Gasteiger partial charge in [-0.2, -0.15) is 0 Å². The maximum Gasteiger partial charge on any atom is 0.120 e. The lowest BCUT2D eigenvalue weighted by molar-refractivity contribution is 0.304. The Bertz CT molecular complexity index is 606. The van der Waals surface area contributed by atoms with E-state index in [1.807, 2.05) is 30.3 Å². The Morgan fingerprint density at radius 2 is 1.83 bits per heavy atom. The Labute approximate surface area is 140 Å². The first-order valence-corrected chi connectivity index (χ1v) is 8.14. The lowest BCUT2D eigenvalue weighted by Gasteiger charge is -2.24. The smallest absolute Gasteiger partial charge is 0.120 e. The summed E-state index contributed by atoms with van der Waals surface area (Å²) in [6.07, 6.45) is 2.05. The average molecular weight is 309 g/mol. The molecule has 2 aromatic carbocycles. The minimum absolute atomic E-state index is 0.331. The van der Waals surface area contributed by atoms with Crippen LogP contribution in [0.25, 0.3) is 0 Å². The molecule has 2 heteroatoms. The van der Waals surface area contributed by atoms with Crippen LogP contribution >= 0.6 is 0 Å². The van der Waals surface area contributed by atoms with Crippen LogP contribution in [0.4, 0.5) is 0 Å². The highest BCUT2D eigenvalue weighted by Gasteiger charge is 2.17. The van der Waals surface area contributed by atoms with Gasteiger partial charge in [-0.15, -0.1) is 6.58 Å². The molecule has 0 saturated carbocycles. The van der Waals surface area contributed by atoms with E-state index in [-0.39, 0.29) is 0 Å². The number of rotatable bonds is 8. The predicted molar refractivity (Wildman–Crippen MR) is 97.9 cm³/mol. The van der Waals surface area contributed by atoms with Crippen molar-refractivity contribution in [2.75, 3.05) is 20.6 Å². The lowest BCUT2D eigenvalue weighted by atomic mass is 9.87. The predicted octanol–water partition coefficient (Wildman–Crippen LogP) is 4.73. The standard InChI is InChI=1S/C21H27NO/c1-5-21(17(2)15-22(3)4)19-12-9-13-20(14-19)23-16-18-10-7-6-8-11-18/h5-14,17,21H,1,15-16H2,2-4H3. The minimum atomic E-state index is 0.331. The molecule has 2 rings (SSSR count). The molecular weight excluding hydrogens is 282 g/mol. The number of hydrogen-bond donors (Lipinski definition) is 0.